The molecule has 2 aromatic heterocycles. The van der Waals surface area contributed by atoms with Gasteiger partial charge in [0.05, 0.1) is 19.3 Å². The summed E-state index contributed by atoms with van der Waals surface area (Å²) in [5, 5.41) is 7.74. The number of benzene rings is 7. The van der Waals surface area contributed by atoms with Crippen LogP contribution < -0.4 is 0 Å². The Morgan fingerprint density at radius 3 is 1.87 bits per heavy atom. The molecule has 0 saturated heterocycles. The Morgan fingerprint density at radius 1 is 0.538 bits per heavy atom. The molecule has 4 nitrogen and oxygen atoms in total. The molecule has 4 heteroatoms. The zero-order valence-electron chi connectivity index (χ0n) is 29.9. The summed E-state index contributed by atoms with van der Waals surface area (Å²) in [7, 11) is 0. The quantitative estimate of drug-likeness (QED) is 0.177. The molecule has 0 spiro atoms. The Balaban J connectivity index is 1.45. The van der Waals surface area contributed by atoms with E-state index >= 15 is 0 Å². The second-order valence-electron chi connectivity index (χ2n) is 9.28. The lowest BCUT2D eigenvalue weighted by molar-refractivity contribution is 0.670. The largest absolute Gasteiger partial charge is 0.455 e. The Kier molecular flexibility index (Phi) is 2.62. The van der Waals surface area contributed by atoms with Crippen molar-refractivity contribution in [3.05, 3.63) is 115 Å². The van der Waals surface area contributed by atoms with Crippen molar-refractivity contribution < 1.29 is 18.1 Å². The van der Waals surface area contributed by atoms with Crippen LogP contribution in [0, 0.1) is 0 Å². The van der Waals surface area contributed by atoms with Gasteiger partial charge in [-0.2, -0.15) is 0 Å². The van der Waals surface area contributed by atoms with Gasteiger partial charge in [-0.05, 0) is 39.1 Å². The smallest absolute Gasteiger partial charge is 0.167 e. The van der Waals surface area contributed by atoms with E-state index in [1.807, 2.05) is 48.5 Å². The number of furan rings is 1. The third kappa shape index (κ3) is 2.85. The normalized spacial score (nSPS) is 15.7. The molecule has 39 heavy (non-hydrogen) atoms. The molecule has 0 aliphatic heterocycles. The van der Waals surface area contributed by atoms with Gasteiger partial charge < -0.3 is 4.42 Å². The summed E-state index contributed by atoms with van der Waals surface area (Å²) in [5.74, 6) is -0.705. The predicted octanol–water partition coefficient (Wildman–Crippen LogP) is 9.11. The van der Waals surface area contributed by atoms with E-state index in [0.29, 0.717) is 16.7 Å². The number of nitrogens with zero attached hydrogens (tertiary/aromatic N) is 3. The van der Waals surface area contributed by atoms with Crippen molar-refractivity contribution in [2.75, 3.05) is 0 Å². The van der Waals surface area contributed by atoms with Crippen LogP contribution in [0.3, 0.4) is 0 Å². The van der Waals surface area contributed by atoms with E-state index in [9.17, 15) is 0 Å². The van der Waals surface area contributed by atoms with E-state index in [-0.39, 0.29) is 28.6 Å². The van der Waals surface area contributed by atoms with Gasteiger partial charge in [-0.25, -0.2) is 15.0 Å². The van der Waals surface area contributed by atoms with Crippen LogP contribution >= 0.6 is 0 Å². The summed E-state index contributed by atoms with van der Waals surface area (Å²) in [6, 6.07) is 11.9. The summed E-state index contributed by atoms with van der Waals surface area (Å²) < 4.78 is 90.4. The summed E-state index contributed by atoms with van der Waals surface area (Å²) in [6.45, 7) is 0. The van der Waals surface area contributed by atoms with Crippen LogP contribution in [0.1, 0.15) is 13.7 Å². The standard InChI is InChI=1S/C35H19N3O/c1-3-9-21(10-4-1)33-36-34(22-11-5-2-6-12-22)38-35(37-33)26-19-23-18-17-20-13-7-14-24-25-15-8-16-27-30(25)31(32(26)39-27)29(23)28(20)24/h1-19H/i1D,2D,3D,4D,5D,6D,9D,10D,11D,12D. The van der Waals surface area contributed by atoms with Gasteiger partial charge in [0.15, 0.2) is 17.5 Å². The molecular weight excluding hydrogens is 478 g/mol. The maximum atomic E-state index is 8.65. The molecule has 0 radical (unpaired) electrons. The van der Waals surface area contributed by atoms with Crippen LogP contribution in [0.15, 0.2) is 119 Å². The van der Waals surface area contributed by atoms with Gasteiger partial charge in [0.25, 0.3) is 0 Å². The third-order valence-electron chi connectivity index (χ3n) is 7.20. The minimum atomic E-state index is -0.606. The van der Waals surface area contributed by atoms with E-state index in [4.69, 9.17) is 18.1 Å². The zero-order valence-corrected chi connectivity index (χ0v) is 19.9. The summed E-state index contributed by atoms with van der Waals surface area (Å²) in [5.41, 5.74) is 0.779. The first kappa shape index (κ1) is 13.4. The van der Waals surface area contributed by atoms with E-state index in [0.717, 1.165) is 43.1 Å². The Labute approximate surface area is 236 Å². The number of hydrogen-bond donors (Lipinski definition) is 0. The van der Waals surface area contributed by atoms with Gasteiger partial charge >= 0.3 is 0 Å². The highest BCUT2D eigenvalue weighted by Gasteiger charge is 2.24. The molecule has 0 N–H and O–H groups in total. The highest BCUT2D eigenvalue weighted by Crippen LogP contribution is 2.48. The number of fused-ring (bicyclic) bond motifs is 1. The Bertz CT molecular complexity index is 2760. The average molecular weight is 508 g/mol. The van der Waals surface area contributed by atoms with Crippen molar-refractivity contribution in [3.8, 4) is 34.2 Å². The zero-order chi connectivity index (χ0) is 34.2. The molecule has 0 bridgehead atoms. The lowest BCUT2D eigenvalue weighted by atomic mass is 9.88. The van der Waals surface area contributed by atoms with Gasteiger partial charge in [0, 0.05) is 27.3 Å². The van der Waals surface area contributed by atoms with Crippen LogP contribution in [0.4, 0.5) is 0 Å². The van der Waals surface area contributed by atoms with Gasteiger partial charge in [-0.15, -0.1) is 0 Å². The minimum absolute atomic E-state index is 0.0416. The second kappa shape index (κ2) is 7.59. The monoisotopic (exact) mass is 507 g/mol. The third-order valence-corrected chi connectivity index (χ3v) is 7.20. The Morgan fingerprint density at radius 2 is 1.15 bits per heavy atom. The van der Waals surface area contributed by atoms with Crippen LogP contribution in [0.25, 0.3) is 88.4 Å². The highest BCUT2D eigenvalue weighted by molar-refractivity contribution is 6.40. The summed E-state index contributed by atoms with van der Waals surface area (Å²) in [6.07, 6.45) is 0. The molecule has 0 aliphatic rings. The van der Waals surface area contributed by atoms with E-state index in [2.05, 4.69) is 21.0 Å². The fourth-order valence-electron chi connectivity index (χ4n) is 5.64. The van der Waals surface area contributed by atoms with Crippen molar-refractivity contribution in [2.24, 2.45) is 0 Å². The molecule has 0 unspecified atom stereocenters. The minimum Gasteiger partial charge on any atom is -0.455 e. The molecule has 7 aromatic carbocycles. The molecule has 2 heterocycles. The molecular formula is C35H19N3O. The highest BCUT2D eigenvalue weighted by atomic mass is 16.3. The van der Waals surface area contributed by atoms with Gasteiger partial charge in [0.2, 0.25) is 0 Å². The number of aromatic nitrogens is 3. The molecule has 0 fully saturated rings. The fourth-order valence-corrected chi connectivity index (χ4v) is 5.64. The first-order valence-corrected chi connectivity index (χ1v) is 12.2. The van der Waals surface area contributed by atoms with Crippen LogP contribution in [-0.4, -0.2) is 15.0 Å². The lowest BCUT2D eigenvalue weighted by Gasteiger charge is -2.14. The van der Waals surface area contributed by atoms with E-state index in [1.165, 1.54) is 0 Å². The molecule has 0 aliphatic carbocycles. The fraction of sp³-hybridized carbons (Fsp3) is 0. The predicted molar refractivity (Wildman–Crippen MR) is 158 cm³/mol. The molecule has 0 saturated carbocycles. The maximum Gasteiger partial charge on any atom is 0.167 e. The van der Waals surface area contributed by atoms with Gasteiger partial charge in [0.1, 0.15) is 11.2 Å². The first-order chi connectivity index (χ1) is 23.5. The SMILES string of the molecule is [2H]c1c([2H])c([2H])c(-c2nc(-c3c([2H])c([2H])c([2H])c([2H])c3[2H])nc(-c3cc4ccc5cccc6c7cccc8oc3c(c87)c4c56)n2)c([2H])c1[2H]. The molecule has 9 rings (SSSR count). The van der Waals surface area contributed by atoms with Crippen molar-refractivity contribution in [2.45, 2.75) is 0 Å². The second-order valence-corrected chi connectivity index (χ2v) is 9.28. The van der Waals surface area contributed by atoms with E-state index in [1.54, 1.807) is 0 Å². The van der Waals surface area contributed by atoms with Gasteiger partial charge in [-0.3, -0.25) is 0 Å². The van der Waals surface area contributed by atoms with Crippen LogP contribution in [-0.2, 0) is 0 Å². The van der Waals surface area contributed by atoms with Crippen molar-refractivity contribution >= 4 is 54.3 Å². The van der Waals surface area contributed by atoms with Crippen molar-refractivity contribution in [1.29, 1.82) is 0 Å². The van der Waals surface area contributed by atoms with Crippen LogP contribution in [0.5, 0.6) is 0 Å². The maximum absolute atomic E-state index is 8.65. The van der Waals surface area contributed by atoms with E-state index < -0.39 is 60.4 Å². The van der Waals surface area contributed by atoms with Crippen molar-refractivity contribution in [1.82, 2.24) is 15.0 Å². The molecule has 0 atom stereocenters. The van der Waals surface area contributed by atoms with Gasteiger partial charge in [-0.1, -0.05) is 103 Å². The van der Waals surface area contributed by atoms with Crippen LogP contribution in [0.2, 0.25) is 0 Å². The lowest BCUT2D eigenvalue weighted by Crippen LogP contribution is -2.00. The first-order valence-electron chi connectivity index (χ1n) is 17.2. The Hall–Kier alpha value is -5.35. The van der Waals surface area contributed by atoms with Crippen molar-refractivity contribution in [3.63, 3.8) is 0 Å². The molecule has 0 amide bonds. The summed E-state index contributed by atoms with van der Waals surface area (Å²) >= 11 is 0. The average Bonchev–Trinajstić information content (AvgIpc) is 3.51. The molecule has 9 aromatic rings. The molecule has 180 valence electrons. The number of rotatable bonds is 3. The number of hydrogen-bond acceptors (Lipinski definition) is 4. The topological polar surface area (TPSA) is 51.8 Å². The summed E-state index contributed by atoms with van der Waals surface area (Å²) in [4.78, 5) is 13.7.